The molecule has 2 rings (SSSR count). The summed E-state index contributed by atoms with van der Waals surface area (Å²) in [4.78, 5) is 5.92. The predicted molar refractivity (Wildman–Crippen MR) is 62.5 cm³/mol. The zero-order chi connectivity index (χ0) is 12.1. The fourth-order valence-electron chi connectivity index (χ4n) is 2.04. The molecular formula is C12H17FN2O2. The van der Waals surface area contributed by atoms with E-state index in [4.69, 9.17) is 9.84 Å². The molecule has 0 unspecified atom stereocenters. The SMILES string of the molecule is OCCOC1CCN(c2cccc(F)n2)CC1. The molecule has 0 atom stereocenters. The fraction of sp³-hybridized carbons (Fsp3) is 0.583. The molecule has 1 aromatic heterocycles. The minimum absolute atomic E-state index is 0.0612. The highest BCUT2D eigenvalue weighted by Crippen LogP contribution is 2.19. The predicted octanol–water partition coefficient (Wildman–Crippen LogP) is 1.20. The molecule has 0 saturated carbocycles. The van der Waals surface area contributed by atoms with Crippen molar-refractivity contribution in [2.45, 2.75) is 18.9 Å². The second-order valence-corrected chi connectivity index (χ2v) is 4.10. The van der Waals surface area contributed by atoms with Gasteiger partial charge in [0.25, 0.3) is 0 Å². The molecule has 17 heavy (non-hydrogen) atoms. The largest absolute Gasteiger partial charge is 0.394 e. The van der Waals surface area contributed by atoms with Gasteiger partial charge in [-0.3, -0.25) is 0 Å². The van der Waals surface area contributed by atoms with Crippen LogP contribution in [0.15, 0.2) is 18.2 Å². The molecule has 0 aliphatic carbocycles. The van der Waals surface area contributed by atoms with Gasteiger partial charge in [-0.15, -0.1) is 0 Å². The second-order valence-electron chi connectivity index (χ2n) is 4.10. The van der Waals surface area contributed by atoms with E-state index >= 15 is 0 Å². The second kappa shape index (κ2) is 5.93. The van der Waals surface area contributed by atoms with Crippen LogP contribution in [0.25, 0.3) is 0 Å². The van der Waals surface area contributed by atoms with Gasteiger partial charge < -0.3 is 14.7 Å². The first kappa shape index (κ1) is 12.3. The summed E-state index contributed by atoms with van der Waals surface area (Å²) in [7, 11) is 0. The summed E-state index contributed by atoms with van der Waals surface area (Å²) >= 11 is 0. The van der Waals surface area contributed by atoms with Crippen molar-refractivity contribution in [3.8, 4) is 0 Å². The van der Waals surface area contributed by atoms with Gasteiger partial charge in [-0.05, 0) is 25.0 Å². The Morgan fingerprint density at radius 1 is 1.41 bits per heavy atom. The molecule has 0 amide bonds. The first-order valence-electron chi connectivity index (χ1n) is 5.89. The van der Waals surface area contributed by atoms with Crippen molar-refractivity contribution in [3.05, 3.63) is 24.1 Å². The third kappa shape index (κ3) is 3.38. The molecule has 1 aliphatic heterocycles. The van der Waals surface area contributed by atoms with Crippen molar-refractivity contribution >= 4 is 5.82 Å². The van der Waals surface area contributed by atoms with Crippen LogP contribution in [0.1, 0.15) is 12.8 Å². The molecule has 0 spiro atoms. The maximum atomic E-state index is 13.0. The Balaban J connectivity index is 1.86. The summed E-state index contributed by atoms with van der Waals surface area (Å²) in [5.74, 6) is 0.242. The van der Waals surface area contributed by atoms with Crippen molar-refractivity contribution in [1.82, 2.24) is 4.98 Å². The van der Waals surface area contributed by atoms with Gasteiger partial charge in [-0.1, -0.05) is 6.07 Å². The van der Waals surface area contributed by atoms with Crippen LogP contribution in [-0.4, -0.2) is 42.5 Å². The Bertz CT molecular complexity index is 354. The quantitative estimate of drug-likeness (QED) is 0.803. The van der Waals surface area contributed by atoms with Crippen LogP contribution in [0.5, 0.6) is 0 Å². The number of aliphatic hydroxyl groups is 1. The normalized spacial score (nSPS) is 17.4. The average molecular weight is 240 g/mol. The number of aliphatic hydroxyl groups excluding tert-OH is 1. The molecule has 0 aromatic carbocycles. The Morgan fingerprint density at radius 2 is 2.18 bits per heavy atom. The molecule has 0 radical (unpaired) electrons. The molecule has 0 bridgehead atoms. The highest BCUT2D eigenvalue weighted by Gasteiger charge is 2.20. The number of aromatic nitrogens is 1. The Hall–Kier alpha value is -1.20. The van der Waals surface area contributed by atoms with Crippen molar-refractivity contribution in [2.24, 2.45) is 0 Å². The van der Waals surface area contributed by atoms with E-state index < -0.39 is 5.95 Å². The number of ether oxygens (including phenoxy) is 1. The molecule has 94 valence electrons. The zero-order valence-electron chi connectivity index (χ0n) is 9.68. The number of anilines is 1. The highest BCUT2D eigenvalue weighted by atomic mass is 19.1. The van der Waals surface area contributed by atoms with Crippen LogP contribution >= 0.6 is 0 Å². The smallest absolute Gasteiger partial charge is 0.214 e. The molecule has 1 N–H and O–H groups in total. The lowest BCUT2D eigenvalue weighted by molar-refractivity contribution is 0.0158. The monoisotopic (exact) mass is 240 g/mol. The summed E-state index contributed by atoms with van der Waals surface area (Å²) < 4.78 is 18.4. The van der Waals surface area contributed by atoms with Crippen LogP contribution in [0.2, 0.25) is 0 Å². The molecule has 1 fully saturated rings. The number of nitrogens with zero attached hydrogens (tertiary/aromatic N) is 2. The van der Waals surface area contributed by atoms with Crippen LogP contribution in [0, 0.1) is 5.95 Å². The zero-order valence-corrected chi connectivity index (χ0v) is 9.68. The van der Waals surface area contributed by atoms with E-state index in [1.54, 1.807) is 6.07 Å². The number of pyridine rings is 1. The average Bonchev–Trinajstić information content (AvgIpc) is 2.37. The fourth-order valence-corrected chi connectivity index (χ4v) is 2.04. The van der Waals surface area contributed by atoms with Crippen LogP contribution in [0.4, 0.5) is 10.2 Å². The molecule has 1 aliphatic rings. The van der Waals surface area contributed by atoms with Gasteiger partial charge in [0, 0.05) is 13.1 Å². The Morgan fingerprint density at radius 3 is 2.82 bits per heavy atom. The van der Waals surface area contributed by atoms with E-state index in [0.29, 0.717) is 12.4 Å². The minimum Gasteiger partial charge on any atom is -0.394 e. The van der Waals surface area contributed by atoms with E-state index in [9.17, 15) is 4.39 Å². The first-order chi connectivity index (χ1) is 8.29. The van der Waals surface area contributed by atoms with E-state index in [-0.39, 0.29) is 12.7 Å². The Kier molecular flexibility index (Phi) is 4.28. The maximum Gasteiger partial charge on any atom is 0.214 e. The van der Waals surface area contributed by atoms with Crippen LogP contribution < -0.4 is 4.90 Å². The molecule has 1 aromatic rings. The number of halogens is 1. The van der Waals surface area contributed by atoms with Gasteiger partial charge in [-0.25, -0.2) is 4.98 Å². The summed E-state index contributed by atoms with van der Waals surface area (Å²) in [5.41, 5.74) is 0. The first-order valence-corrected chi connectivity index (χ1v) is 5.89. The lowest BCUT2D eigenvalue weighted by Crippen LogP contribution is -2.37. The van der Waals surface area contributed by atoms with Crippen molar-refractivity contribution in [1.29, 1.82) is 0 Å². The van der Waals surface area contributed by atoms with Gasteiger partial charge in [0.15, 0.2) is 0 Å². The van der Waals surface area contributed by atoms with Gasteiger partial charge in [0.05, 0.1) is 19.3 Å². The molecule has 1 saturated heterocycles. The third-order valence-corrected chi connectivity index (χ3v) is 2.91. The lowest BCUT2D eigenvalue weighted by atomic mass is 10.1. The summed E-state index contributed by atoms with van der Waals surface area (Å²) in [6.07, 6.45) is 1.98. The standard InChI is InChI=1S/C12H17FN2O2/c13-11-2-1-3-12(14-11)15-6-4-10(5-7-15)17-9-8-16/h1-3,10,16H,4-9H2. The number of hydrogen-bond donors (Lipinski definition) is 1. The molecule has 2 heterocycles. The van der Waals surface area contributed by atoms with Crippen LogP contribution in [-0.2, 0) is 4.74 Å². The lowest BCUT2D eigenvalue weighted by Gasteiger charge is -2.32. The number of rotatable bonds is 4. The van der Waals surface area contributed by atoms with E-state index in [0.717, 1.165) is 25.9 Å². The van der Waals surface area contributed by atoms with Crippen molar-refractivity contribution in [3.63, 3.8) is 0 Å². The van der Waals surface area contributed by atoms with Crippen molar-refractivity contribution in [2.75, 3.05) is 31.2 Å². The third-order valence-electron chi connectivity index (χ3n) is 2.91. The molecule has 4 nitrogen and oxygen atoms in total. The van der Waals surface area contributed by atoms with E-state index in [1.807, 2.05) is 6.07 Å². The maximum absolute atomic E-state index is 13.0. The van der Waals surface area contributed by atoms with E-state index in [2.05, 4.69) is 9.88 Å². The van der Waals surface area contributed by atoms with Crippen LogP contribution in [0.3, 0.4) is 0 Å². The summed E-state index contributed by atoms with van der Waals surface area (Å²) in [6.45, 7) is 2.08. The van der Waals surface area contributed by atoms with Gasteiger partial charge in [-0.2, -0.15) is 4.39 Å². The van der Waals surface area contributed by atoms with Gasteiger partial charge in [0.2, 0.25) is 5.95 Å². The summed E-state index contributed by atoms with van der Waals surface area (Å²) in [5, 5.41) is 8.67. The van der Waals surface area contributed by atoms with Gasteiger partial charge >= 0.3 is 0 Å². The number of hydrogen-bond acceptors (Lipinski definition) is 4. The topological polar surface area (TPSA) is 45.6 Å². The molecule has 5 heteroatoms. The molecular weight excluding hydrogens is 223 g/mol. The Labute approximate surface area is 100 Å². The van der Waals surface area contributed by atoms with E-state index in [1.165, 1.54) is 6.07 Å². The summed E-state index contributed by atoms with van der Waals surface area (Å²) in [6, 6.07) is 4.84. The number of piperidine rings is 1. The highest BCUT2D eigenvalue weighted by molar-refractivity contribution is 5.38. The van der Waals surface area contributed by atoms with Gasteiger partial charge in [0.1, 0.15) is 5.82 Å². The van der Waals surface area contributed by atoms with Crippen molar-refractivity contribution < 1.29 is 14.2 Å². The minimum atomic E-state index is -0.443.